The van der Waals surface area contributed by atoms with Gasteiger partial charge >= 0.3 is 0 Å². The predicted octanol–water partition coefficient (Wildman–Crippen LogP) is 2.99. The number of ether oxygens (including phenoxy) is 3. The van der Waals surface area contributed by atoms with Crippen LogP contribution >= 0.6 is 0 Å². The molecule has 1 heterocycles. The van der Waals surface area contributed by atoms with Crippen LogP contribution in [0.3, 0.4) is 0 Å². The van der Waals surface area contributed by atoms with Gasteiger partial charge in [0, 0.05) is 19.0 Å². The fraction of sp³-hybridized carbons (Fsp3) is 0.435. The van der Waals surface area contributed by atoms with Crippen molar-refractivity contribution in [1.82, 2.24) is 9.62 Å². The van der Waals surface area contributed by atoms with Gasteiger partial charge in [-0.3, -0.25) is 4.79 Å². The number of nitrogens with one attached hydrogen (secondary N) is 1. The molecule has 1 aliphatic rings. The second-order valence-electron chi connectivity index (χ2n) is 7.70. The highest BCUT2D eigenvalue weighted by Gasteiger charge is 2.32. The molecule has 1 fully saturated rings. The van der Waals surface area contributed by atoms with Crippen molar-refractivity contribution in [2.24, 2.45) is 5.92 Å². The summed E-state index contributed by atoms with van der Waals surface area (Å²) in [5.41, 5.74) is 0.899. The van der Waals surface area contributed by atoms with Crippen molar-refractivity contribution in [3.8, 4) is 17.2 Å². The summed E-state index contributed by atoms with van der Waals surface area (Å²) < 4.78 is 42.9. The fourth-order valence-electron chi connectivity index (χ4n) is 3.79. The van der Waals surface area contributed by atoms with E-state index in [0.717, 1.165) is 5.56 Å². The second kappa shape index (κ2) is 10.2. The van der Waals surface area contributed by atoms with Gasteiger partial charge in [-0.1, -0.05) is 6.07 Å². The predicted molar refractivity (Wildman–Crippen MR) is 121 cm³/mol. The summed E-state index contributed by atoms with van der Waals surface area (Å²) in [5.74, 6) is 1.51. The lowest BCUT2D eigenvalue weighted by molar-refractivity contribution is -0.126. The van der Waals surface area contributed by atoms with Crippen LogP contribution in [-0.2, 0) is 14.8 Å². The van der Waals surface area contributed by atoms with Crippen LogP contribution in [0, 0.1) is 5.92 Å². The number of piperidine rings is 1. The Labute approximate surface area is 189 Å². The Kier molecular flexibility index (Phi) is 7.63. The van der Waals surface area contributed by atoms with Gasteiger partial charge in [-0.15, -0.1) is 0 Å². The number of rotatable bonds is 8. The van der Waals surface area contributed by atoms with Gasteiger partial charge in [0.25, 0.3) is 0 Å². The van der Waals surface area contributed by atoms with E-state index < -0.39 is 10.0 Å². The van der Waals surface area contributed by atoms with E-state index >= 15 is 0 Å². The van der Waals surface area contributed by atoms with Crippen LogP contribution in [0.5, 0.6) is 17.2 Å². The molecule has 1 amide bonds. The molecular formula is C23H30N2O6S. The van der Waals surface area contributed by atoms with Crippen molar-refractivity contribution in [2.45, 2.75) is 30.7 Å². The SMILES string of the molecule is COc1ccc(S(=O)(=O)N2CCC(C(=O)NC(C)c3ccc(OC)c(OC)c3)CC2)cc1. The Balaban J connectivity index is 1.59. The summed E-state index contributed by atoms with van der Waals surface area (Å²) in [6.07, 6.45) is 0.944. The van der Waals surface area contributed by atoms with Gasteiger partial charge in [0.1, 0.15) is 5.75 Å². The van der Waals surface area contributed by atoms with E-state index in [2.05, 4.69) is 5.32 Å². The topological polar surface area (TPSA) is 94.2 Å². The zero-order valence-corrected chi connectivity index (χ0v) is 19.6. The maximum Gasteiger partial charge on any atom is 0.243 e. The van der Waals surface area contributed by atoms with Gasteiger partial charge in [0.05, 0.1) is 32.3 Å². The molecule has 3 rings (SSSR count). The molecule has 1 aliphatic heterocycles. The molecular weight excluding hydrogens is 432 g/mol. The van der Waals surface area contributed by atoms with Crippen LogP contribution < -0.4 is 19.5 Å². The maximum atomic E-state index is 12.9. The zero-order chi connectivity index (χ0) is 23.3. The number of hydrogen-bond acceptors (Lipinski definition) is 6. The van der Waals surface area contributed by atoms with E-state index in [1.165, 1.54) is 23.5 Å². The standard InChI is InChI=1S/C23H30N2O6S/c1-16(18-5-10-21(30-3)22(15-18)31-4)24-23(26)17-11-13-25(14-12-17)32(27,28)20-8-6-19(29-2)7-9-20/h5-10,15-17H,11-14H2,1-4H3,(H,24,26). The van der Waals surface area contributed by atoms with Crippen molar-refractivity contribution < 1.29 is 27.4 Å². The number of carbonyl (C=O) groups excluding carboxylic acids is 1. The van der Waals surface area contributed by atoms with E-state index in [4.69, 9.17) is 14.2 Å². The summed E-state index contributed by atoms with van der Waals surface area (Å²) in [6.45, 7) is 2.51. The van der Waals surface area contributed by atoms with Crippen molar-refractivity contribution in [3.63, 3.8) is 0 Å². The van der Waals surface area contributed by atoms with Crippen molar-refractivity contribution in [2.75, 3.05) is 34.4 Å². The first kappa shape index (κ1) is 23.9. The highest BCUT2D eigenvalue weighted by molar-refractivity contribution is 7.89. The molecule has 1 atom stereocenters. The van der Waals surface area contributed by atoms with Crippen LogP contribution in [-0.4, -0.2) is 53.0 Å². The van der Waals surface area contributed by atoms with Gasteiger partial charge in [0.2, 0.25) is 15.9 Å². The highest BCUT2D eigenvalue weighted by atomic mass is 32.2. The lowest BCUT2D eigenvalue weighted by Gasteiger charge is -2.31. The van der Waals surface area contributed by atoms with Gasteiger partial charge in [-0.05, 0) is 61.7 Å². The van der Waals surface area contributed by atoms with E-state index in [0.29, 0.717) is 43.2 Å². The third kappa shape index (κ3) is 5.16. The summed E-state index contributed by atoms with van der Waals surface area (Å²) in [7, 11) is 1.08. The molecule has 0 aliphatic carbocycles. The number of hydrogen-bond donors (Lipinski definition) is 1. The molecule has 0 radical (unpaired) electrons. The molecule has 0 bridgehead atoms. The molecule has 2 aromatic rings. The quantitative estimate of drug-likeness (QED) is 0.648. The smallest absolute Gasteiger partial charge is 0.243 e. The summed E-state index contributed by atoms with van der Waals surface area (Å²) in [6, 6.07) is 11.6. The molecule has 174 valence electrons. The Bertz CT molecular complexity index is 1030. The summed E-state index contributed by atoms with van der Waals surface area (Å²) >= 11 is 0. The number of nitrogens with zero attached hydrogens (tertiary/aromatic N) is 1. The molecule has 0 aromatic heterocycles. The van der Waals surface area contributed by atoms with Gasteiger partial charge in [0.15, 0.2) is 11.5 Å². The fourth-order valence-corrected chi connectivity index (χ4v) is 5.26. The molecule has 0 spiro atoms. The third-order valence-corrected chi connectivity index (χ3v) is 7.70. The minimum absolute atomic E-state index is 0.0752. The van der Waals surface area contributed by atoms with E-state index in [1.54, 1.807) is 32.4 Å². The Morgan fingerprint density at radius 3 is 2.16 bits per heavy atom. The average molecular weight is 463 g/mol. The number of amides is 1. The number of methoxy groups -OCH3 is 3. The maximum absolute atomic E-state index is 12.9. The molecule has 1 unspecified atom stereocenters. The Morgan fingerprint density at radius 1 is 0.969 bits per heavy atom. The summed E-state index contributed by atoms with van der Waals surface area (Å²) in [5, 5.41) is 3.04. The van der Waals surface area contributed by atoms with E-state index in [9.17, 15) is 13.2 Å². The molecule has 32 heavy (non-hydrogen) atoms. The van der Waals surface area contributed by atoms with Gasteiger partial charge in [-0.25, -0.2) is 8.42 Å². The van der Waals surface area contributed by atoms with Gasteiger partial charge in [-0.2, -0.15) is 4.31 Å². The van der Waals surface area contributed by atoms with Crippen LogP contribution in [0.15, 0.2) is 47.4 Å². The Hall–Kier alpha value is -2.78. The minimum Gasteiger partial charge on any atom is -0.497 e. The van der Waals surface area contributed by atoms with Crippen molar-refractivity contribution in [3.05, 3.63) is 48.0 Å². The highest BCUT2D eigenvalue weighted by Crippen LogP contribution is 2.30. The number of carbonyl (C=O) groups is 1. The van der Waals surface area contributed by atoms with Crippen molar-refractivity contribution >= 4 is 15.9 Å². The largest absolute Gasteiger partial charge is 0.497 e. The molecule has 1 N–H and O–H groups in total. The zero-order valence-electron chi connectivity index (χ0n) is 18.8. The first-order chi connectivity index (χ1) is 15.3. The Morgan fingerprint density at radius 2 is 1.59 bits per heavy atom. The average Bonchev–Trinajstić information content (AvgIpc) is 2.83. The lowest BCUT2D eigenvalue weighted by Crippen LogP contribution is -2.43. The van der Waals surface area contributed by atoms with E-state index in [-0.39, 0.29) is 22.8 Å². The van der Waals surface area contributed by atoms with Crippen LogP contribution in [0.4, 0.5) is 0 Å². The first-order valence-corrected chi connectivity index (χ1v) is 11.9. The monoisotopic (exact) mass is 462 g/mol. The summed E-state index contributed by atoms with van der Waals surface area (Å²) in [4.78, 5) is 13.0. The number of benzene rings is 2. The normalized spacial score (nSPS) is 16.2. The second-order valence-corrected chi connectivity index (χ2v) is 9.64. The molecule has 1 saturated heterocycles. The minimum atomic E-state index is -3.60. The molecule has 0 saturated carbocycles. The molecule has 8 nitrogen and oxygen atoms in total. The van der Waals surface area contributed by atoms with Crippen LogP contribution in [0.1, 0.15) is 31.4 Å². The van der Waals surface area contributed by atoms with Crippen LogP contribution in [0.25, 0.3) is 0 Å². The number of sulfonamides is 1. The van der Waals surface area contributed by atoms with Gasteiger partial charge < -0.3 is 19.5 Å². The third-order valence-electron chi connectivity index (χ3n) is 5.79. The molecule has 9 heteroatoms. The van der Waals surface area contributed by atoms with Crippen molar-refractivity contribution in [1.29, 1.82) is 0 Å². The first-order valence-electron chi connectivity index (χ1n) is 10.5. The molecule has 2 aromatic carbocycles. The van der Waals surface area contributed by atoms with Crippen LogP contribution in [0.2, 0.25) is 0 Å². The van der Waals surface area contributed by atoms with E-state index in [1.807, 2.05) is 19.1 Å². The lowest BCUT2D eigenvalue weighted by atomic mass is 9.96.